The maximum absolute atomic E-state index is 11.3. The molecule has 0 bridgehead atoms. The number of aliphatic hydroxyl groups excluding tert-OH is 1. The molecule has 2 N–H and O–H groups in total. The molecule has 48 heavy (non-hydrogen) atoms. The predicted octanol–water partition coefficient (Wildman–Crippen LogP) is 9.16. The monoisotopic (exact) mass is 642 g/mol. The topological polar surface area (TPSA) is 84.6 Å². The van der Waals surface area contributed by atoms with Crippen molar-refractivity contribution in [3.63, 3.8) is 0 Å². The van der Waals surface area contributed by atoms with Gasteiger partial charge in [0.25, 0.3) is 0 Å². The number of fused-ring (bicyclic) bond motifs is 4. The van der Waals surface area contributed by atoms with Gasteiger partial charge in [0.05, 0.1) is 17.6 Å². The number of aromatic nitrogens is 2. The highest BCUT2D eigenvalue weighted by Gasteiger charge is 2.52. The molecule has 248 valence electrons. The van der Waals surface area contributed by atoms with E-state index in [-0.39, 0.29) is 17.4 Å². The molecule has 2 aliphatic rings. The summed E-state index contributed by atoms with van der Waals surface area (Å²) in [5, 5.41) is 19.0. The summed E-state index contributed by atoms with van der Waals surface area (Å²) >= 11 is 0. The lowest BCUT2D eigenvalue weighted by Crippen LogP contribution is -2.50. The minimum absolute atomic E-state index is 0.00280. The van der Waals surface area contributed by atoms with Gasteiger partial charge in [0.2, 0.25) is 0 Å². The number of carbonyl (C=O) groups is 1. The fourth-order valence-corrected chi connectivity index (χ4v) is 8.96. The fourth-order valence-electron chi connectivity index (χ4n) is 8.96. The minimum atomic E-state index is -1.01. The third-order valence-corrected chi connectivity index (χ3v) is 11.3. The second kappa shape index (κ2) is 12.6. The molecule has 6 nitrogen and oxygen atoms in total. The zero-order chi connectivity index (χ0) is 33.6. The first kappa shape index (κ1) is 32.1. The van der Waals surface area contributed by atoms with E-state index in [4.69, 9.17) is 9.72 Å². The molecular formula is C42H46N2O4. The summed E-state index contributed by atoms with van der Waals surface area (Å²) in [5.74, 6) is 1.41. The molecule has 0 aliphatic heterocycles. The van der Waals surface area contributed by atoms with Crippen LogP contribution in [-0.2, 0) is 29.8 Å². The van der Waals surface area contributed by atoms with Crippen LogP contribution >= 0.6 is 0 Å². The molecule has 7 rings (SSSR count). The molecule has 1 heterocycles. The summed E-state index contributed by atoms with van der Waals surface area (Å²) in [5.41, 5.74) is 10.5. The summed E-state index contributed by atoms with van der Waals surface area (Å²) in [6.45, 7) is 10.0. The lowest BCUT2D eigenvalue weighted by Gasteiger charge is -2.56. The van der Waals surface area contributed by atoms with Gasteiger partial charge in [-0.25, -0.2) is 9.78 Å². The van der Waals surface area contributed by atoms with Crippen molar-refractivity contribution >= 4 is 17.0 Å². The third kappa shape index (κ3) is 5.81. The van der Waals surface area contributed by atoms with Gasteiger partial charge in [-0.3, -0.25) is 0 Å². The van der Waals surface area contributed by atoms with Gasteiger partial charge in [0.15, 0.2) is 6.61 Å². The molecule has 3 atom stereocenters. The maximum atomic E-state index is 11.3. The summed E-state index contributed by atoms with van der Waals surface area (Å²) in [4.78, 5) is 16.5. The van der Waals surface area contributed by atoms with Gasteiger partial charge in [-0.2, -0.15) is 0 Å². The first-order chi connectivity index (χ1) is 23.1. The van der Waals surface area contributed by atoms with Crippen LogP contribution in [0.1, 0.15) is 81.5 Å². The van der Waals surface area contributed by atoms with E-state index in [1.165, 1.54) is 30.4 Å². The number of carboxylic acid groups (broad SMARTS) is 1. The second-order valence-electron chi connectivity index (χ2n) is 14.9. The van der Waals surface area contributed by atoms with Crippen LogP contribution in [0.15, 0.2) is 84.9 Å². The van der Waals surface area contributed by atoms with Crippen LogP contribution in [0, 0.1) is 11.3 Å². The summed E-state index contributed by atoms with van der Waals surface area (Å²) < 4.78 is 8.00. The van der Waals surface area contributed by atoms with Gasteiger partial charge < -0.3 is 19.5 Å². The lowest BCUT2D eigenvalue weighted by molar-refractivity contribution is -0.139. The highest BCUT2D eigenvalue weighted by atomic mass is 16.5. The Labute approximate surface area is 283 Å². The Kier molecular flexibility index (Phi) is 8.41. The van der Waals surface area contributed by atoms with Crippen molar-refractivity contribution in [2.45, 2.75) is 84.3 Å². The van der Waals surface area contributed by atoms with Crippen LogP contribution in [0.3, 0.4) is 0 Å². The Morgan fingerprint density at radius 2 is 1.75 bits per heavy atom. The highest BCUT2D eigenvalue weighted by Crippen LogP contribution is 2.58. The van der Waals surface area contributed by atoms with Crippen molar-refractivity contribution in [2.24, 2.45) is 11.3 Å². The molecule has 1 saturated carbocycles. The molecule has 0 amide bonds. The Balaban J connectivity index is 1.32. The van der Waals surface area contributed by atoms with Gasteiger partial charge in [0, 0.05) is 12.1 Å². The Bertz CT molecular complexity index is 1990. The number of nitrogens with zero attached hydrogens (tertiary/aromatic N) is 2. The van der Waals surface area contributed by atoms with E-state index in [0.29, 0.717) is 17.6 Å². The number of aryl methyl sites for hydroxylation is 1. The molecule has 0 spiro atoms. The number of rotatable bonds is 9. The van der Waals surface area contributed by atoms with Crippen molar-refractivity contribution in [1.29, 1.82) is 0 Å². The third-order valence-electron chi connectivity index (χ3n) is 11.3. The Morgan fingerprint density at radius 3 is 2.54 bits per heavy atom. The number of aliphatic carboxylic acids is 1. The smallest absolute Gasteiger partial charge is 0.341 e. The highest BCUT2D eigenvalue weighted by molar-refractivity contribution is 5.86. The van der Waals surface area contributed by atoms with Crippen molar-refractivity contribution in [2.75, 3.05) is 6.61 Å². The molecule has 1 fully saturated rings. The Morgan fingerprint density at radius 1 is 0.958 bits per heavy atom. The van der Waals surface area contributed by atoms with Gasteiger partial charge in [-0.1, -0.05) is 88.7 Å². The second-order valence-corrected chi connectivity index (χ2v) is 14.9. The standard InChI is InChI=1S/C42H46N2O4/c1-27(2)29-12-15-35-32(21-29)14-17-38-41(3,18-7-19-42(35,38)4)26-44-37-16-13-31(30-9-5-8-28(20-30)24-45)23-36(37)43-40(44)33-10-6-11-34(22-33)48-25-39(46)47/h5-6,8-13,15-16,20-23,27,38,45H,7,14,17-19,24-26H2,1-4H3,(H,46,47)/t38-,41+,42+/m0/s1. The first-order valence-electron chi connectivity index (χ1n) is 17.4. The van der Waals surface area contributed by atoms with Gasteiger partial charge in [-0.15, -0.1) is 0 Å². The molecular weight excluding hydrogens is 596 g/mol. The number of ether oxygens (including phenoxy) is 1. The van der Waals surface area contributed by atoms with Gasteiger partial charge >= 0.3 is 5.97 Å². The number of hydrogen-bond acceptors (Lipinski definition) is 4. The van der Waals surface area contributed by atoms with E-state index in [0.717, 1.165) is 58.5 Å². The molecule has 1 aromatic heterocycles. The van der Waals surface area contributed by atoms with Crippen LogP contribution in [0.5, 0.6) is 5.75 Å². The number of carboxylic acids is 1. The molecule has 0 saturated heterocycles. The van der Waals surface area contributed by atoms with Crippen molar-refractivity contribution < 1.29 is 19.7 Å². The predicted molar refractivity (Wildman–Crippen MR) is 191 cm³/mol. The fraction of sp³-hybridized carbons (Fsp3) is 0.381. The number of hydrogen-bond donors (Lipinski definition) is 2. The Hall–Kier alpha value is -4.42. The largest absolute Gasteiger partial charge is 0.482 e. The summed E-state index contributed by atoms with van der Waals surface area (Å²) in [6, 6.07) is 29.4. The maximum Gasteiger partial charge on any atom is 0.341 e. The molecule has 5 aromatic rings. The molecule has 2 aliphatic carbocycles. The molecule has 0 radical (unpaired) electrons. The number of benzene rings is 4. The normalized spacial score (nSPS) is 22.0. The lowest BCUT2D eigenvalue weighted by atomic mass is 9.49. The first-order valence-corrected chi connectivity index (χ1v) is 17.4. The van der Waals surface area contributed by atoms with E-state index in [1.54, 1.807) is 11.6 Å². The number of aliphatic hydroxyl groups is 1. The molecule has 6 heteroatoms. The zero-order valence-corrected chi connectivity index (χ0v) is 28.5. The SMILES string of the molecule is CC(C)c1ccc2c(c1)CC[C@H]1[C@@](C)(Cn3c(-c4cccc(OCC(=O)O)c4)nc4cc(-c5cccc(CO)c5)ccc43)CCC[C@]21C. The van der Waals surface area contributed by atoms with Crippen LogP contribution in [0.25, 0.3) is 33.5 Å². The van der Waals surface area contributed by atoms with E-state index in [1.807, 2.05) is 36.4 Å². The van der Waals surface area contributed by atoms with Crippen LogP contribution in [-0.4, -0.2) is 32.3 Å². The number of imidazole rings is 1. The quantitative estimate of drug-likeness (QED) is 0.168. The zero-order valence-electron chi connectivity index (χ0n) is 28.5. The van der Waals surface area contributed by atoms with Crippen molar-refractivity contribution in [3.05, 3.63) is 107 Å². The van der Waals surface area contributed by atoms with Crippen LogP contribution in [0.4, 0.5) is 0 Å². The van der Waals surface area contributed by atoms with E-state index in [9.17, 15) is 15.0 Å². The average molecular weight is 643 g/mol. The molecule has 0 unspecified atom stereocenters. The summed E-state index contributed by atoms with van der Waals surface area (Å²) in [6.07, 6.45) is 5.83. The van der Waals surface area contributed by atoms with Gasteiger partial charge in [0.1, 0.15) is 11.6 Å². The van der Waals surface area contributed by atoms with Crippen LogP contribution < -0.4 is 4.74 Å². The van der Waals surface area contributed by atoms with E-state index < -0.39 is 12.6 Å². The summed E-state index contributed by atoms with van der Waals surface area (Å²) in [7, 11) is 0. The van der Waals surface area contributed by atoms with Crippen molar-refractivity contribution in [3.8, 4) is 28.3 Å². The van der Waals surface area contributed by atoms with Gasteiger partial charge in [-0.05, 0) is 112 Å². The minimum Gasteiger partial charge on any atom is -0.482 e. The molecule has 4 aromatic carbocycles. The van der Waals surface area contributed by atoms with E-state index >= 15 is 0 Å². The van der Waals surface area contributed by atoms with Crippen molar-refractivity contribution in [1.82, 2.24) is 9.55 Å². The average Bonchev–Trinajstić information content (AvgIpc) is 3.44. The van der Waals surface area contributed by atoms with E-state index in [2.05, 4.69) is 74.7 Å². The van der Waals surface area contributed by atoms with Crippen LogP contribution in [0.2, 0.25) is 0 Å².